The molecule has 2 aromatic heterocycles. The van der Waals surface area contributed by atoms with E-state index in [0.29, 0.717) is 11.8 Å². The second-order valence-corrected chi connectivity index (χ2v) is 5.19. The quantitative estimate of drug-likeness (QED) is 0.862. The van der Waals surface area contributed by atoms with Gasteiger partial charge < -0.3 is 10.0 Å². The van der Waals surface area contributed by atoms with Crippen LogP contribution in [0.15, 0.2) is 18.5 Å². The van der Waals surface area contributed by atoms with Gasteiger partial charge in [0.25, 0.3) is 0 Å². The summed E-state index contributed by atoms with van der Waals surface area (Å²) in [6.45, 7) is 6.23. The highest BCUT2D eigenvalue weighted by Gasteiger charge is 2.30. The van der Waals surface area contributed by atoms with Gasteiger partial charge in [-0.15, -0.1) is 0 Å². The van der Waals surface area contributed by atoms with Crippen LogP contribution in [-0.4, -0.2) is 39.4 Å². The van der Waals surface area contributed by atoms with Gasteiger partial charge in [-0.3, -0.25) is 0 Å². The van der Waals surface area contributed by atoms with Crippen LogP contribution in [0.25, 0.3) is 5.52 Å². The maximum Gasteiger partial charge on any atom is 0.154 e. The summed E-state index contributed by atoms with van der Waals surface area (Å²) in [5, 5.41) is 13.8. The molecule has 18 heavy (non-hydrogen) atoms. The highest BCUT2D eigenvalue weighted by Crippen LogP contribution is 2.29. The minimum absolute atomic E-state index is 0.249. The fourth-order valence-electron chi connectivity index (χ4n) is 2.72. The number of aliphatic hydroxyl groups is 1. The molecule has 5 nitrogen and oxygen atoms in total. The maximum absolute atomic E-state index is 9.35. The maximum atomic E-state index is 9.35. The molecule has 1 aliphatic rings. The zero-order valence-electron chi connectivity index (χ0n) is 10.7. The van der Waals surface area contributed by atoms with Crippen LogP contribution >= 0.6 is 0 Å². The van der Waals surface area contributed by atoms with Gasteiger partial charge >= 0.3 is 0 Å². The average molecular weight is 246 g/mol. The van der Waals surface area contributed by atoms with E-state index in [4.69, 9.17) is 0 Å². The third-order valence-corrected chi connectivity index (χ3v) is 3.79. The number of aliphatic hydroxyl groups excluding tert-OH is 1. The van der Waals surface area contributed by atoms with Crippen molar-refractivity contribution in [2.45, 2.75) is 13.8 Å². The van der Waals surface area contributed by atoms with E-state index in [-0.39, 0.29) is 6.61 Å². The molecule has 0 unspecified atom stereocenters. The van der Waals surface area contributed by atoms with Crippen LogP contribution < -0.4 is 4.90 Å². The predicted molar refractivity (Wildman–Crippen MR) is 69.7 cm³/mol. The highest BCUT2D eigenvalue weighted by molar-refractivity contribution is 5.69. The lowest BCUT2D eigenvalue weighted by molar-refractivity contribution is 0.212. The van der Waals surface area contributed by atoms with Crippen LogP contribution in [0.2, 0.25) is 0 Å². The van der Waals surface area contributed by atoms with Gasteiger partial charge in [-0.25, -0.2) is 9.50 Å². The second kappa shape index (κ2) is 4.24. The summed E-state index contributed by atoms with van der Waals surface area (Å²) in [6, 6.07) is 2.05. The third kappa shape index (κ3) is 1.75. The molecule has 0 spiro atoms. The van der Waals surface area contributed by atoms with Gasteiger partial charge in [0.05, 0.1) is 5.69 Å². The molecule has 1 N–H and O–H groups in total. The summed E-state index contributed by atoms with van der Waals surface area (Å²) < 4.78 is 1.87. The van der Waals surface area contributed by atoms with E-state index in [2.05, 4.69) is 28.0 Å². The minimum Gasteiger partial charge on any atom is -0.396 e. The Bertz CT molecular complexity index is 565. The Labute approximate surface area is 106 Å². The van der Waals surface area contributed by atoms with Crippen molar-refractivity contribution in [2.24, 2.45) is 11.8 Å². The van der Waals surface area contributed by atoms with Crippen molar-refractivity contribution >= 4 is 11.3 Å². The Morgan fingerprint density at radius 1 is 1.44 bits per heavy atom. The largest absolute Gasteiger partial charge is 0.396 e. The summed E-state index contributed by atoms with van der Waals surface area (Å²) in [5.41, 5.74) is 2.04. The molecule has 3 heterocycles. The number of fused-ring (bicyclic) bond motifs is 1. The van der Waals surface area contributed by atoms with E-state index in [1.54, 1.807) is 6.20 Å². The van der Waals surface area contributed by atoms with Gasteiger partial charge in [-0.05, 0) is 18.9 Å². The number of hydrogen-bond acceptors (Lipinski definition) is 4. The Balaban J connectivity index is 2.00. The molecule has 96 valence electrons. The summed E-state index contributed by atoms with van der Waals surface area (Å²) in [5.74, 6) is 1.82. The zero-order chi connectivity index (χ0) is 12.7. The van der Waals surface area contributed by atoms with Crippen molar-refractivity contribution < 1.29 is 5.11 Å². The van der Waals surface area contributed by atoms with Crippen molar-refractivity contribution in [1.29, 1.82) is 0 Å². The number of anilines is 1. The highest BCUT2D eigenvalue weighted by atomic mass is 16.3. The lowest BCUT2D eigenvalue weighted by Crippen LogP contribution is -2.22. The van der Waals surface area contributed by atoms with Crippen LogP contribution in [0, 0.1) is 18.8 Å². The first kappa shape index (κ1) is 11.5. The summed E-state index contributed by atoms with van der Waals surface area (Å²) >= 11 is 0. The summed E-state index contributed by atoms with van der Waals surface area (Å²) in [6.07, 6.45) is 3.65. The summed E-state index contributed by atoms with van der Waals surface area (Å²) in [4.78, 5) is 6.74. The van der Waals surface area contributed by atoms with E-state index in [1.807, 2.05) is 17.6 Å². The first-order valence-corrected chi connectivity index (χ1v) is 6.36. The van der Waals surface area contributed by atoms with Crippen molar-refractivity contribution in [1.82, 2.24) is 14.6 Å². The number of aryl methyl sites for hydroxylation is 1. The Morgan fingerprint density at radius 3 is 3.00 bits per heavy atom. The molecule has 2 atom stereocenters. The molecule has 0 amide bonds. The van der Waals surface area contributed by atoms with Gasteiger partial charge in [-0.2, -0.15) is 5.10 Å². The summed E-state index contributed by atoms with van der Waals surface area (Å²) in [7, 11) is 0. The molecule has 0 aromatic carbocycles. The van der Waals surface area contributed by atoms with Gasteiger partial charge in [0, 0.05) is 38.0 Å². The topological polar surface area (TPSA) is 53.7 Å². The normalized spacial score (nSPS) is 24.1. The molecule has 0 radical (unpaired) electrons. The van der Waals surface area contributed by atoms with E-state index in [1.165, 1.54) is 0 Å². The third-order valence-electron chi connectivity index (χ3n) is 3.79. The van der Waals surface area contributed by atoms with Crippen molar-refractivity contribution in [3.05, 3.63) is 24.2 Å². The van der Waals surface area contributed by atoms with Gasteiger partial charge in [0.2, 0.25) is 0 Å². The number of aromatic nitrogens is 3. The Hall–Kier alpha value is -1.62. The molecule has 0 aliphatic carbocycles. The molecular weight excluding hydrogens is 228 g/mol. The van der Waals surface area contributed by atoms with Crippen LogP contribution in [0.4, 0.5) is 5.82 Å². The zero-order valence-corrected chi connectivity index (χ0v) is 10.7. The van der Waals surface area contributed by atoms with E-state index in [9.17, 15) is 5.11 Å². The number of nitrogens with zero attached hydrogens (tertiary/aromatic N) is 4. The number of hydrogen-bond donors (Lipinski definition) is 1. The lowest BCUT2D eigenvalue weighted by atomic mass is 10.00. The monoisotopic (exact) mass is 246 g/mol. The SMILES string of the molecule is Cc1cc2c(N3C[C@@H](CO)[C@H](C)C3)nccn2n1. The van der Waals surface area contributed by atoms with Gasteiger partial charge in [-0.1, -0.05) is 6.92 Å². The first-order chi connectivity index (χ1) is 8.69. The Kier molecular flexibility index (Phi) is 2.70. The molecule has 1 saturated heterocycles. The molecule has 0 bridgehead atoms. The molecule has 3 rings (SSSR count). The Morgan fingerprint density at radius 2 is 2.28 bits per heavy atom. The van der Waals surface area contributed by atoms with E-state index < -0.39 is 0 Å². The predicted octanol–water partition coefficient (Wildman–Crippen LogP) is 1.10. The smallest absolute Gasteiger partial charge is 0.154 e. The number of rotatable bonds is 2. The van der Waals surface area contributed by atoms with Gasteiger partial charge in [0.1, 0.15) is 5.52 Å². The lowest BCUT2D eigenvalue weighted by Gasteiger charge is -2.17. The van der Waals surface area contributed by atoms with Crippen molar-refractivity contribution in [2.75, 3.05) is 24.6 Å². The molecule has 1 fully saturated rings. The van der Waals surface area contributed by atoms with Crippen LogP contribution in [0.3, 0.4) is 0 Å². The second-order valence-electron chi connectivity index (χ2n) is 5.19. The van der Waals surface area contributed by atoms with Crippen LogP contribution in [0.5, 0.6) is 0 Å². The first-order valence-electron chi connectivity index (χ1n) is 6.36. The molecule has 0 saturated carbocycles. The van der Waals surface area contributed by atoms with Crippen molar-refractivity contribution in [3.8, 4) is 0 Å². The molecular formula is C13H18N4O. The fraction of sp³-hybridized carbons (Fsp3) is 0.538. The van der Waals surface area contributed by atoms with Crippen LogP contribution in [0.1, 0.15) is 12.6 Å². The van der Waals surface area contributed by atoms with Gasteiger partial charge in [0.15, 0.2) is 5.82 Å². The molecule has 5 heteroatoms. The molecule has 1 aliphatic heterocycles. The molecule has 2 aromatic rings. The fourth-order valence-corrected chi connectivity index (χ4v) is 2.72. The van der Waals surface area contributed by atoms with Crippen LogP contribution in [-0.2, 0) is 0 Å². The average Bonchev–Trinajstić information content (AvgIpc) is 2.90. The standard InChI is InChI=1S/C13H18N4O/c1-9-6-16(7-11(9)8-18)13-12-5-10(2)15-17(12)4-3-14-13/h3-5,9,11,18H,6-8H2,1-2H3/t9-,11+/m1/s1. The van der Waals surface area contributed by atoms with E-state index in [0.717, 1.165) is 30.1 Å². The minimum atomic E-state index is 0.249. The van der Waals surface area contributed by atoms with Crippen molar-refractivity contribution in [3.63, 3.8) is 0 Å². The van der Waals surface area contributed by atoms with E-state index >= 15 is 0 Å².